The van der Waals surface area contributed by atoms with Gasteiger partial charge in [-0.15, -0.1) is 0 Å². The van der Waals surface area contributed by atoms with E-state index in [1.807, 2.05) is 0 Å². The molecule has 1 aromatic rings. The number of likely N-dealkylation sites (N-methyl/N-ethyl adjacent to an activating group) is 1. The van der Waals surface area contributed by atoms with E-state index >= 15 is 0 Å². The van der Waals surface area contributed by atoms with Gasteiger partial charge in [-0.3, -0.25) is 4.90 Å². The highest BCUT2D eigenvalue weighted by Crippen LogP contribution is 2.38. The summed E-state index contributed by atoms with van der Waals surface area (Å²) in [5, 5.41) is 0. The smallest absolute Gasteiger partial charge is 0.0812 e. The molecule has 0 saturated carbocycles. The van der Waals surface area contributed by atoms with Crippen LogP contribution in [0, 0.1) is 0 Å². The van der Waals surface area contributed by atoms with E-state index in [-0.39, 0.29) is 0 Å². The van der Waals surface area contributed by atoms with Crippen LogP contribution in [-0.2, 0) is 11.2 Å². The predicted molar refractivity (Wildman–Crippen MR) is 55.3 cm³/mol. The van der Waals surface area contributed by atoms with Gasteiger partial charge >= 0.3 is 0 Å². The maximum Gasteiger partial charge on any atom is 0.0812 e. The number of morpholine rings is 1. The fourth-order valence-electron chi connectivity index (χ4n) is 2.70. The third-order valence-electron chi connectivity index (χ3n) is 3.40. The molecule has 1 aliphatic heterocycles. The Morgan fingerprint density at radius 3 is 3.14 bits per heavy atom. The average molecular weight is 189 g/mol. The van der Waals surface area contributed by atoms with Gasteiger partial charge in [0.25, 0.3) is 0 Å². The zero-order chi connectivity index (χ0) is 9.54. The monoisotopic (exact) mass is 189 g/mol. The molecule has 14 heavy (non-hydrogen) atoms. The summed E-state index contributed by atoms with van der Waals surface area (Å²) in [5.41, 5.74) is 2.94. The van der Waals surface area contributed by atoms with Crippen molar-refractivity contribution in [2.75, 3.05) is 20.2 Å². The molecule has 0 amide bonds. The fourth-order valence-corrected chi connectivity index (χ4v) is 2.70. The molecule has 0 spiro atoms. The van der Waals surface area contributed by atoms with Crippen LogP contribution in [0.3, 0.4) is 0 Å². The molecule has 3 rings (SSSR count). The van der Waals surface area contributed by atoms with Crippen LogP contribution in [0.15, 0.2) is 24.3 Å². The van der Waals surface area contributed by atoms with Crippen molar-refractivity contribution in [2.24, 2.45) is 0 Å². The normalized spacial score (nSPS) is 31.2. The van der Waals surface area contributed by atoms with Gasteiger partial charge in [0.1, 0.15) is 0 Å². The minimum atomic E-state index is 0.395. The van der Waals surface area contributed by atoms with Gasteiger partial charge in [-0.1, -0.05) is 24.3 Å². The van der Waals surface area contributed by atoms with Crippen molar-refractivity contribution in [1.29, 1.82) is 0 Å². The molecule has 0 aromatic heterocycles. The van der Waals surface area contributed by atoms with Gasteiger partial charge in [0.05, 0.1) is 18.8 Å². The van der Waals surface area contributed by atoms with E-state index in [0.29, 0.717) is 12.1 Å². The summed E-state index contributed by atoms with van der Waals surface area (Å²) in [6.07, 6.45) is 1.48. The predicted octanol–water partition coefficient (Wildman–Crippen LogP) is 1.61. The highest BCUT2D eigenvalue weighted by Gasteiger charge is 2.37. The van der Waals surface area contributed by atoms with Crippen molar-refractivity contribution < 1.29 is 4.74 Å². The third-order valence-corrected chi connectivity index (χ3v) is 3.40. The molecule has 0 bridgehead atoms. The van der Waals surface area contributed by atoms with Gasteiger partial charge < -0.3 is 4.74 Å². The molecule has 2 aliphatic rings. The molecule has 2 atom stereocenters. The van der Waals surface area contributed by atoms with E-state index in [0.717, 1.165) is 19.6 Å². The van der Waals surface area contributed by atoms with Crippen LogP contribution >= 0.6 is 0 Å². The lowest BCUT2D eigenvalue weighted by Gasteiger charge is -2.35. The average Bonchev–Trinajstić information content (AvgIpc) is 2.57. The minimum absolute atomic E-state index is 0.395. The van der Waals surface area contributed by atoms with Crippen LogP contribution in [0.2, 0.25) is 0 Å². The quantitative estimate of drug-likeness (QED) is 0.615. The molecule has 1 heterocycles. The highest BCUT2D eigenvalue weighted by atomic mass is 16.5. The second-order valence-corrected chi connectivity index (χ2v) is 4.24. The fraction of sp³-hybridized carbons (Fsp3) is 0.500. The van der Waals surface area contributed by atoms with Crippen LogP contribution in [0.25, 0.3) is 0 Å². The molecule has 0 N–H and O–H groups in total. The topological polar surface area (TPSA) is 12.5 Å². The Morgan fingerprint density at radius 2 is 2.21 bits per heavy atom. The van der Waals surface area contributed by atoms with Gasteiger partial charge in [-0.05, 0) is 18.2 Å². The van der Waals surface area contributed by atoms with Crippen molar-refractivity contribution in [3.05, 3.63) is 35.4 Å². The summed E-state index contributed by atoms with van der Waals surface area (Å²) in [6, 6.07) is 9.22. The van der Waals surface area contributed by atoms with Gasteiger partial charge in [-0.25, -0.2) is 0 Å². The number of hydrogen-bond acceptors (Lipinski definition) is 2. The molecular formula is C12H15NO. The van der Waals surface area contributed by atoms with Gasteiger partial charge in [0, 0.05) is 13.0 Å². The molecule has 1 fully saturated rings. The largest absolute Gasteiger partial charge is 0.375 e. The van der Waals surface area contributed by atoms with Crippen LogP contribution in [0.5, 0.6) is 0 Å². The van der Waals surface area contributed by atoms with E-state index in [1.54, 1.807) is 0 Å². The molecule has 2 nitrogen and oxygen atoms in total. The summed E-state index contributed by atoms with van der Waals surface area (Å²) in [7, 11) is 2.20. The molecule has 2 heteroatoms. The van der Waals surface area contributed by atoms with E-state index in [1.165, 1.54) is 11.1 Å². The van der Waals surface area contributed by atoms with E-state index in [2.05, 4.69) is 36.2 Å². The first-order valence-electron chi connectivity index (χ1n) is 5.26. The summed E-state index contributed by atoms with van der Waals surface area (Å²) >= 11 is 0. The molecule has 0 unspecified atom stereocenters. The number of hydrogen-bond donors (Lipinski definition) is 0. The molecule has 1 aromatic carbocycles. The zero-order valence-corrected chi connectivity index (χ0v) is 8.44. The van der Waals surface area contributed by atoms with Crippen LogP contribution in [-0.4, -0.2) is 31.2 Å². The van der Waals surface area contributed by atoms with Crippen LogP contribution in [0.4, 0.5) is 0 Å². The Labute approximate surface area is 84.5 Å². The molecule has 74 valence electrons. The second-order valence-electron chi connectivity index (χ2n) is 4.24. The Hall–Kier alpha value is -0.860. The van der Waals surface area contributed by atoms with E-state index in [9.17, 15) is 0 Å². The number of fused-ring (bicyclic) bond motifs is 3. The molecular weight excluding hydrogens is 174 g/mol. The maximum atomic E-state index is 5.81. The number of ether oxygens (including phenoxy) is 1. The molecule has 1 aliphatic carbocycles. The molecule has 1 saturated heterocycles. The van der Waals surface area contributed by atoms with E-state index < -0.39 is 0 Å². The van der Waals surface area contributed by atoms with Gasteiger partial charge in [0.2, 0.25) is 0 Å². The first-order chi connectivity index (χ1) is 6.86. The van der Waals surface area contributed by atoms with Gasteiger partial charge in [-0.2, -0.15) is 0 Å². The van der Waals surface area contributed by atoms with Crippen molar-refractivity contribution in [3.63, 3.8) is 0 Å². The second kappa shape index (κ2) is 3.07. The third kappa shape index (κ3) is 1.11. The van der Waals surface area contributed by atoms with Crippen molar-refractivity contribution >= 4 is 0 Å². The lowest BCUT2D eigenvalue weighted by molar-refractivity contribution is -0.0532. The first kappa shape index (κ1) is 8.45. The van der Waals surface area contributed by atoms with Crippen LogP contribution in [0.1, 0.15) is 17.2 Å². The van der Waals surface area contributed by atoms with Crippen molar-refractivity contribution in [3.8, 4) is 0 Å². The van der Waals surface area contributed by atoms with Crippen molar-refractivity contribution in [1.82, 2.24) is 4.90 Å². The first-order valence-corrected chi connectivity index (χ1v) is 5.26. The summed E-state index contributed by atoms with van der Waals surface area (Å²) in [5.74, 6) is 0. The van der Waals surface area contributed by atoms with Crippen molar-refractivity contribution in [2.45, 2.75) is 18.6 Å². The lowest BCUT2D eigenvalue weighted by Crippen LogP contribution is -2.40. The lowest BCUT2D eigenvalue weighted by atomic mass is 10.1. The number of benzene rings is 1. The Kier molecular flexibility index (Phi) is 1.85. The summed E-state index contributed by atoms with van der Waals surface area (Å²) in [6.45, 7) is 1.93. The zero-order valence-electron chi connectivity index (χ0n) is 8.44. The standard InChI is InChI=1S/C12H15NO/c1-13-6-7-14-11-8-9-4-2-3-5-10(9)12(11)13/h2-5,11-12H,6-8H2,1H3/t11-,12+/m0/s1. The Morgan fingerprint density at radius 1 is 1.36 bits per heavy atom. The minimum Gasteiger partial charge on any atom is -0.375 e. The SMILES string of the molecule is CN1CCO[C@H]2Cc3ccccc3[C@H]21. The molecule has 0 radical (unpaired) electrons. The van der Waals surface area contributed by atoms with Gasteiger partial charge in [0.15, 0.2) is 0 Å². The van der Waals surface area contributed by atoms with E-state index in [4.69, 9.17) is 4.74 Å². The highest BCUT2D eigenvalue weighted by molar-refractivity contribution is 5.36. The number of rotatable bonds is 0. The Balaban J connectivity index is 2.03. The summed E-state index contributed by atoms with van der Waals surface area (Å²) < 4.78 is 5.81. The summed E-state index contributed by atoms with van der Waals surface area (Å²) in [4.78, 5) is 2.42. The number of nitrogens with zero attached hydrogens (tertiary/aromatic N) is 1. The van der Waals surface area contributed by atoms with Crippen LogP contribution < -0.4 is 0 Å². The maximum absolute atomic E-state index is 5.81. The Bertz CT molecular complexity index is 350.